The first-order chi connectivity index (χ1) is 12.4. The van der Waals surface area contributed by atoms with Crippen molar-refractivity contribution >= 4 is 18.0 Å². The van der Waals surface area contributed by atoms with Gasteiger partial charge in [0, 0.05) is 7.05 Å². The summed E-state index contributed by atoms with van der Waals surface area (Å²) in [7, 11) is 2.86. The lowest BCUT2D eigenvalue weighted by molar-refractivity contribution is -0.153. The van der Waals surface area contributed by atoms with Crippen LogP contribution in [0.3, 0.4) is 0 Å². The summed E-state index contributed by atoms with van der Waals surface area (Å²) in [5, 5.41) is 2.64. The molecule has 0 fully saturated rings. The summed E-state index contributed by atoms with van der Waals surface area (Å²) >= 11 is 0. The Kier molecular flexibility index (Phi) is 10.7. The summed E-state index contributed by atoms with van der Waals surface area (Å²) in [6.45, 7) is 12.9. The third-order valence-corrected chi connectivity index (χ3v) is 3.87. The molecule has 7 nitrogen and oxygen atoms in total. The number of rotatable bonds is 10. The van der Waals surface area contributed by atoms with Gasteiger partial charge in [0.25, 0.3) is 0 Å². The van der Waals surface area contributed by atoms with E-state index in [9.17, 15) is 14.4 Å². The predicted octanol–water partition coefficient (Wildman–Crippen LogP) is 3.28. The van der Waals surface area contributed by atoms with Crippen LogP contribution >= 0.6 is 0 Å². The zero-order chi connectivity index (χ0) is 21.2. The molecule has 0 aliphatic carbocycles. The lowest BCUT2D eigenvalue weighted by Crippen LogP contribution is -2.53. The Labute approximate surface area is 163 Å². The number of amides is 2. The summed E-state index contributed by atoms with van der Waals surface area (Å²) < 4.78 is 10.1. The fraction of sp³-hybridized carbons (Fsp3) is 0.750. The van der Waals surface area contributed by atoms with Gasteiger partial charge in [-0.25, -0.2) is 9.59 Å². The van der Waals surface area contributed by atoms with Gasteiger partial charge in [0.1, 0.15) is 17.7 Å². The van der Waals surface area contributed by atoms with Gasteiger partial charge in [-0.05, 0) is 52.4 Å². The highest BCUT2D eigenvalue weighted by atomic mass is 16.6. The van der Waals surface area contributed by atoms with Crippen LogP contribution in [0.5, 0.6) is 0 Å². The summed E-state index contributed by atoms with van der Waals surface area (Å²) in [5.41, 5.74) is -0.670. The predicted molar refractivity (Wildman–Crippen MR) is 105 cm³/mol. The molecule has 7 heteroatoms. The molecule has 0 spiro atoms. The van der Waals surface area contributed by atoms with Crippen LogP contribution in [-0.2, 0) is 19.1 Å². The van der Waals surface area contributed by atoms with E-state index in [1.54, 1.807) is 33.9 Å². The minimum absolute atomic E-state index is 0.197. The van der Waals surface area contributed by atoms with Gasteiger partial charge >= 0.3 is 12.1 Å². The molecule has 2 atom stereocenters. The molecule has 0 aliphatic rings. The molecule has 2 amide bonds. The van der Waals surface area contributed by atoms with Crippen molar-refractivity contribution in [2.75, 3.05) is 14.2 Å². The standard InChI is InChI=1S/C20H36N2O5/c1-9-10-11-12-15(21-19(25)27-20(4,5)6)17(23)22(7)16(13-14(2)3)18(24)26-8/h9,14-16H,1,10-13H2,2-8H3,(H,21,25)/t15-,16-/m0/s1. The molecule has 1 N–H and O–H groups in total. The number of likely N-dealkylation sites (N-methyl/N-ethyl adjacent to an activating group) is 1. The molecule has 27 heavy (non-hydrogen) atoms. The van der Waals surface area contributed by atoms with E-state index in [4.69, 9.17) is 9.47 Å². The minimum Gasteiger partial charge on any atom is -0.467 e. The van der Waals surface area contributed by atoms with Crippen LogP contribution in [-0.4, -0.2) is 54.7 Å². The zero-order valence-corrected chi connectivity index (χ0v) is 17.8. The first-order valence-corrected chi connectivity index (χ1v) is 9.37. The summed E-state index contributed by atoms with van der Waals surface area (Å²) in [6.07, 6.45) is 3.39. The van der Waals surface area contributed by atoms with Crippen LogP contribution in [0.15, 0.2) is 12.7 Å². The molecule has 0 rings (SSSR count). The Morgan fingerprint density at radius 3 is 2.26 bits per heavy atom. The van der Waals surface area contributed by atoms with E-state index in [0.29, 0.717) is 19.3 Å². The van der Waals surface area contributed by atoms with Crippen molar-refractivity contribution in [3.8, 4) is 0 Å². The molecule has 0 unspecified atom stereocenters. The van der Waals surface area contributed by atoms with Gasteiger partial charge < -0.3 is 19.7 Å². The van der Waals surface area contributed by atoms with Gasteiger partial charge in [0.15, 0.2) is 0 Å². The van der Waals surface area contributed by atoms with Crippen LogP contribution in [0, 0.1) is 5.92 Å². The monoisotopic (exact) mass is 384 g/mol. The van der Waals surface area contributed by atoms with Crippen molar-refractivity contribution in [1.82, 2.24) is 10.2 Å². The van der Waals surface area contributed by atoms with E-state index in [1.165, 1.54) is 12.0 Å². The number of carbonyl (C=O) groups excluding carboxylic acids is 3. The number of ether oxygens (including phenoxy) is 2. The number of nitrogens with zero attached hydrogens (tertiary/aromatic N) is 1. The lowest BCUT2D eigenvalue weighted by Gasteiger charge is -2.31. The third-order valence-electron chi connectivity index (χ3n) is 3.87. The number of methoxy groups -OCH3 is 1. The SMILES string of the molecule is C=CCCC[C@H](NC(=O)OC(C)(C)C)C(=O)N(C)[C@@H](CC(C)C)C(=O)OC. The largest absolute Gasteiger partial charge is 0.467 e. The normalized spacial score (nSPS) is 13.5. The van der Waals surface area contributed by atoms with E-state index in [1.807, 2.05) is 13.8 Å². The Bertz CT molecular complexity index is 511. The van der Waals surface area contributed by atoms with Crippen LogP contribution in [0.2, 0.25) is 0 Å². The fourth-order valence-corrected chi connectivity index (χ4v) is 2.57. The molecule has 0 saturated carbocycles. The number of nitrogens with one attached hydrogen (secondary N) is 1. The molecular weight excluding hydrogens is 348 g/mol. The molecular formula is C20H36N2O5. The molecule has 0 radical (unpaired) electrons. The highest BCUT2D eigenvalue weighted by Crippen LogP contribution is 2.15. The fourth-order valence-electron chi connectivity index (χ4n) is 2.57. The second-order valence-electron chi connectivity index (χ2n) is 8.04. The number of esters is 1. The van der Waals surface area contributed by atoms with E-state index in [-0.39, 0.29) is 11.8 Å². The highest BCUT2D eigenvalue weighted by Gasteiger charge is 2.33. The first-order valence-electron chi connectivity index (χ1n) is 9.37. The average Bonchev–Trinajstić information content (AvgIpc) is 2.55. The number of hydrogen-bond acceptors (Lipinski definition) is 5. The second kappa shape index (κ2) is 11.6. The van der Waals surface area contributed by atoms with Crippen LogP contribution in [0.4, 0.5) is 4.79 Å². The summed E-state index contributed by atoms with van der Waals surface area (Å²) in [4.78, 5) is 38.7. The lowest BCUT2D eigenvalue weighted by atomic mass is 10.0. The van der Waals surface area contributed by atoms with Crippen molar-refractivity contribution in [3.05, 3.63) is 12.7 Å². The maximum Gasteiger partial charge on any atom is 0.408 e. The third kappa shape index (κ3) is 10.0. The number of carbonyl (C=O) groups is 3. The molecule has 0 aromatic carbocycles. The van der Waals surface area contributed by atoms with E-state index in [0.717, 1.165) is 6.42 Å². The molecule has 0 aromatic heterocycles. The smallest absolute Gasteiger partial charge is 0.408 e. The number of allylic oxidation sites excluding steroid dienone is 1. The van der Waals surface area contributed by atoms with Crippen LogP contribution in [0.1, 0.15) is 60.3 Å². The van der Waals surface area contributed by atoms with E-state index >= 15 is 0 Å². The number of alkyl carbamates (subject to hydrolysis) is 1. The van der Waals surface area contributed by atoms with Crippen molar-refractivity contribution in [2.24, 2.45) is 5.92 Å². The van der Waals surface area contributed by atoms with Crippen molar-refractivity contribution in [3.63, 3.8) is 0 Å². The highest BCUT2D eigenvalue weighted by molar-refractivity contribution is 5.89. The zero-order valence-electron chi connectivity index (χ0n) is 17.8. The summed E-state index contributed by atoms with van der Waals surface area (Å²) in [5.74, 6) is -0.620. The second-order valence-corrected chi connectivity index (χ2v) is 8.04. The Morgan fingerprint density at radius 1 is 1.22 bits per heavy atom. The molecule has 156 valence electrons. The maximum atomic E-state index is 13.0. The molecule has 0 saturated heterocycles. The van der Waals surface area contributed by atoms with Crippen LogP contribution < -0.4 is 5.32 Å². The van der Waals surface area contributed by atoms with E-state index in [2.05, 4.69) is 11.9 Å². The molecule has 0 aliphatic heterocycles. The van der Waals surface area contributed by atoms with Crippen molar-refractivity contribution in [1.29, 1.82) is 0 Å². The Morgan fingerprint density at radius 2 is 1.81 bits per heavy atom. The first kappa shape index (κ1) is 24.9. The van der Waals surface area contributed by atoms with Gasteiger partial charge in [-0.3, -0.25) is 4.79 Å². The number of unbranched alkanes of at least 4 members (excludes halogenated alkanes) is 1. The van der Waals surface area contributed by atoms with Gasteiger partial charge in [0.2, 0.25) is 5.91 Å². The van der Waals surface area contributed by atoms with Crippen molar-refractivity contribution in [2.45, 2.75) is 78.0 Å². The molecule has 0 heterocycles. The Balaban J connectivity index is 5.34. The summed E-state index contributed by atoms with van der Waals surface area (Å²) in [6, 6.07) is -1.49. The van der Waals surface area contributed by atoms with E-state index < -0.39 is 29.7 Å². The van der Waals surface area contributed by atoms with Gasteiger partial charge in [-0.2, -0.15) is 0 Å². The van der Waals surface area contributed by atoms with Gasteiger partial charge in [0.05, 0.1) is 7.11 Å². The van der Waals surface area contributed by atoms with Gasteiger partial charge in [-0.1, -0.05) is 19.9 Å². The molecule has 0 aromatic rings. The maximum absolute atomic E-state index is 13.0. The topological polar surface area (TPSA) is 84.9 Å². The quantitative estimate of drug-likeness (QED) is 0.355. The Hall–Kier alpha value is -2.05. The van der Waals surface area contributed by atoms with Crippen LogP contribution in [0.25, 0.3) is 0 Å². The minimum atomic E-state index is -0.788. The van der Waals surface area contributed by atoms with Gasteiger partial charge in [-0.15, -0.1) is 6.58 Å². The molecule has 0 bridgehead atoms. The van der Waals surface area contributed by atoms with Crippen molar-refractivity contribution < 1.29 is 23.9 Å². The number of hydrogen-bond donors (Lipinski definition) is 1. The average molecular weight is 385 g/mol.